The summed E-state index contributed by atoms with van der Waals surface area (Å²) in [6.45, 7) is 7.98. The Morgan fingerprint density at radius 3 is 2.77 bits per heavy atom. The number of aryl methyl sites for hydroxylation is 2. The van der Waals surface area contributed by atoms with Gasteiger partial charge in [-0.25, -0.2) is 0 Å². The zero-order valence-electron chi connectivity index (χ0n) is 13.0. The molecule has 0 aliphatic carbocycles. The molecule has 1 aromatic heterocycles. The minimum atomic E-state index is -0.215. The lowest BCUT2D eigenvalue weighted by molar-refractivity contribution is -0.115. The molecule has 2 aromatic rings. The first-order chi connectivity index (χ1) is 10.5. The van der Waals surface area contributed by atoms with Gasteiger partial charge in [-0.2, -0.15) is 0 Å². The molecule has 7 heteroatoms. The van der Waals surface area contributed by atoms with Crippen LogP contribution in [0.3, 0.4) is 0 Å². The maximum absolute atomic E-state index is 12.3. The molecule has 0 saturated carbocycles. The van der Waals surface area contributed by atoms with Gasteiger partial charge in [0.1, 0.15) is 0 Å². The van der Waals surface area contributed by atoms with Crippen molar-refractivity contribution in [3.63, 3.8) is 0 Å². The number of nitrogens with one attached hydrogen (secondary N) is 1. The summed E-state index contributed by atoms with van der Waals surface area (Å²) in [5.41, 5.74) is 3.07. The maximum atomic E-state index is 12.3. The standard InChI is InChI=1S/C15H19N3OS3/c1-5-20-14-17-18-15(22-14)21-11(4)13(19)16-12-8-9(2)6-7-10(12)3/h6-8,11H,5H2,1-4H3,(H,16,19)/t11-/m0/s1. The van der Waals surface area contributed by atoms with E-state index in [1.165, 1.54) is 23.1 Å². The number of carbonyl (C=O) groups excluding carboxylic acids is 1. The second kappa shape index (κ2) is 7.99. The van der Waals surface area contributed by atoms with Crippen LogP contribution in [0.2, 0.25) is 0 Å². The predicted octanol–water partition coefficient (Wildman–Crippen LogP) is 4.39. The number of hydrogen-bond donors (Lipinski definition) is 1. The quantitative estimate of drug-likeness (QED) is 0.781. The Bertz CT molecular complexity index is 657. The molecular formula is C15H19N3OS3. The van der Waals surface area contributed by atoms with Gasteiger partial charge in [-0.3, -0.25) is 4.79 Å². The molecule has 0 saturated heterocycles. The molecule has 1 atom stereocenters. The van der Waals surface area contributed by atoms with Crippen LogP contribution in [0.5, 0.6) is 0 Å². The fraction of sp³-hybridized carbons (Fsp3) is 0.400. The summed E-state index contributed by atoms with van der Waals surface area (Å²) in [7, 11) is 0. The fourth-order valence-electron chi connectivity index (χ4n) is 1.74. The molecule has 0 fully saturated rings. The molecule has 1 aromatic carbocycles. The summed E-state index contributed by atoms with van der Waals surface area (Å²) in [5.74, 6) is 0.959. The molecule has 0 spiro atoms. The first-order valence-electron chi connectivity index (χ1n) is 7.00. The Kier molecular flexibility index (Phi) is 6.28. The van der Waals surface area contributed by atoms with E-state index in [0.29, 0.717) is 0 Å². The summed E-state index contributed by atoms with van der Waals surface area (Å²) >= 11 is 4.65. The Morgan fingerprint density at radius 2 is 2.05 bits per heavy atom. The average molecular weight is 354 g/mol. The third kappa shape index (κ3) is 4.72. The van der Waals surface area contributed by atoms with Crippen molar-refractivity contribution in [3.05, 3.63) is 29.3 Å². The van der Waals surface area contributed by atoms with E-state index >= 15 is 0 Å². The lowest BCUT2D eigenvalue weighted by atomic mass is 10.1. The Balaban J connectivity index is 1.98. The third-order valence-electron chi connectivity index (χ3n) is 2.95. The average Bonchev–Trinajstić information content (AvgIpc) is 2.90. The predicted molar refractivity (Wildman–Crippen MR) is 96.2 cm³/mol. The van der Waals surface area contributed by atoms with Gasteiger partial charge in [-0.1, -0.05) is 53.9 Å². The van der Waals surface area contributed by atoms with Crippen molar-refractivity contribution in [2.75, 3.05) is 11.1 Å². The van der Waals surface area contributed by atoms with Crippen LogP contribution >= 0.6 is 34.9 Å². The van der Waals surface area contributed by atoms with Gasteiger partial charge in [0.25, 0.3) is 0 Å². The Hall–Kier alpha value is -1.05. The van der Waals surface area contributed by atoms with Crippen LogP contribution in [-0.4, -0.2) is 27.1 Å². The minimum Gasteiger partial charge on any atom is -0.325 e. The van der Waals surface area contributed by atoms with E-state index < -0.39 is 0 Å². The van der Waals surface area contributed by atoms with E-state index in [2.05, 4.69) is 22.4 Å². The van der Waals surface area contributed by atoms with Crippen molar-refractivity contribution in [2.24, 2.45) is 0 Å². The van der Waals surface area contributed by atoms with E-state index in [-0.39, 0.29) is 11.2 Å². The highest BCUT2D eigenvalue weighted by molar-refractivity contribution is 8.03. The smallest absolute Gasteiger partial charge is 0.237 e. The molecule has 0 aliphatic heterocycles. The number of nitrogens with zero attached hydrogens (tertiary/aromatic N) is 2. The van der Waals surface area contributed by atoms with E-state index in [1.54, 1.807) is 11.8 Å². The number of carbonyl (C=O) groups is 1. The van der Waals surface area contributed by atoms with E-state index in [4.69, 9.17) is 0 Å². The van der Waals surface area contributed by atoms with Gasteiger partial charge >= 0.3 is 0 Å². The topological polar surface area (TPSA) is 54.9 Å². The molecule has 0 bridgehead atoms. The molecule has 1 heterocycles. The highest BCUT2D eigenvalue weighted by Gasteiger charge is 2.18. The third-order valence-corrected chi connectivity index (χ3v) is 6.08. The summed E-state index contributed by atoms with van der Waals surface area (Å²) in [4.78, 5) is 12.3. The molecule has 118 valence electrons. The first kappa shape index (κ1) is 17.3. The normalized spacial score (nSPS) is 12.2. The lowest BCUT2D eigenvalue weighted by Gasteiger charge is -2.12. The van der Waals surface area contributed by atoms with Crippen molar-refractivity contribution in [3.8, 4) is 0 Å². The number of thioether (sulfide) groups is 2. The SMILES string of the molecule is CCSc1nnc(S[C@@H](C)C(=O)Nc2cc(C)ccc2C)s1. The molecule has 0 aliphatic rings. The maximum Gasteiger partial charge on any atom is 0.237 e. The van der Waals surface area contributed by atoms with E-state index in [0.717, 1.165) is 31.2 Å². The summed E-state index contributed by atoms with van der Waals surface area (Å²) in [5, 5.41) is 11.0. The molecule has 22 heavy (non-hydrogen) atoms. The number of anilines is 1. The molecule has 0 unspecified atom stereocenters. The molecular weight excluding hydrogens is 334 g/mol. The second-order valence-electron chi connectivity index (χ2n) is 4.83. The van der Waals surface area contributed by atoms with Crippen LogP contribution < -0.4 is 5.32 Å². The van der Waals surface area contributed by atoms with Gasteiger partial charge in [-0.05, 0) is 43.7 Å². The number of benzene rings is 1. The van der Waals surface area contributed by atoms with Crippen molar-refractivity contribution in [1.82, 2.24) is 10.2 Å². The Morgan fingerprint density at radius 1 is 1.32 bits per heavy atom. The van der Waals surface area contributed by atoms with Gasteiger partial charge < -0.3 is 5.32 Å². The van der Waals surface area contributed by atoms with Crippen molar-refractivity contribution < 1.29 is 4.79 Å². The summed E-state index contributed by atoms with van der Waals surface area (Å²) < 4.78 is 1.78. The van der Waals surface area contributed by atoms with Gasteiger partial charge in [-0.15, -0.1) is 10.2 Å². The van der Waals surface area contributed by atoms with E-state index in [1.807, 2.05) is 39.0 Å². The van der Waals surface area contributed by atoms with Gasteiger partial charge in [0.15, 0.2) is 8.68 Å². The molecule has 1 amide bonds. The molecule has 2 rings (SSSR count). The highest BCUT2D eigenvalue weighted by Crippen LogP contribution is 2.31. The van der Waals surface area contributed by atoms with Crippen LogP contribution in [0.4, 0.5) is 5.69 Å². The second-order valence-corrected chi connectivity index (χ2v) is 8.91. The largest absolute Gasteiger partial charge is 0.325 e. The highest BCUT2D eigenvalue weighted by atomic mass is 32.2. The van der Waals surface area contributed by atoms with Crippen LogP contribution in [0.15, 0.2) is 26.9 Å². The van der Waals surface area contributed by atoms with Gasteiger partial charge in [0, 0.05) is 5.69 Å². The number of aromatic nitrogens is 2. The van der Waals surface area contributed by atoms with Crippen LogP contribution in [-0.2, 0) is 4.79 Å². The zero-order chi connectivity index (χ0) is 16.1. The van der Waals surface area contributed by atoms with Crippen molar-refractivity contribution in [1.29, 1.82) is 0 Å². The van der Waals surface area contributed by atoms with Crippen LogP contribution in [0.25, 0.3) is 0 Å². The van der Waals surface area contributed by atoms with Crippen molar-refractivity contribution in [2.45, 2.75) is 41.6 Å². The van der Waals surface area contributed by atoms with Gasteiger partial charge in [0.05, 0.1) is 5.25 Å². The summed E-state index contributed by atoms with van der Waals surface area (Å²) in [6, 6.07) is 6.05. The zero-order valence-corrected chi connectivity index (χ0v) is 15.5. The first-order valence-corrected chi connectivity index (χ1v) is 9.69. The lowest BCUT2D eigenvalue weighted by Crippen LogP contribution is -2.22. The minimum absolute atomic E-state index is 0.0152. The Labute approximate surface area is 143 Å². The van der Waals surface area contributed by atoms with Crippen LogP contribution in [0, 0.1) is 13.8 Å². The van der Waals surface area contributed by atoms with E-state index in [9.17, 15) is 4.79 Å². The van der Waals surface area contributed by atoms with Gasteiger partial charge in [0.2, 0.25) is 5.91 Å². The summed E-state index contributed by atoms with van der Waals surface area (Å²) in [6.07, 6.45) is 0. The monoisotopic (exact) mass is 353 g/mol. The molecule has 0 radical (unpaired) electrons. The molecule has 4 nitrogen and oxygen atoms in total. The van der Waals surface area contributed by atoms with Crippen molar-refractivity contribution >= 4 is 46.5 Å². The number of hydrogen-bond acceptors (Lipinski definition) is 6. The molecule has 1 N–H and O–H groups in total. The fourth-order valence-corrected chi connectivity index (χ4v) is 4.80. The van der Waals surface area contributed by atoms with Crippen LogP contribution in [0.1, 0.15) is 25.0 Å². The number of rotatable bonds is 6. The number of amides is 1.